The van der Waals surface area contributed by atoms with Crippen molar-refractivity contribution in [2.24, 2.45) is 10.7 Å². The fourth-order valence-corrected chi connectivity index (χ4v) is 1.94. The van der Waals surface area contributed by atoms with Gasteiger partial charge in [0.1, 0.15) is 0 Å². The monoisotopic (exact) mass is 320 g/mol. The Kier molecular flexibility index (Phi) is 8.11. The maximum absolute atomic E-state index is 12.0. The van der Waals surface area contributed by atoms with E-state index in [4.69, 9.17) is 10.5 Å². The lowest BCUT2D eigenvalue weighted by molar-refractivity contribution is 0.0939. The number of nitrogens with zero attached hydrogens (tertiary/aromatic N) is 1. The second-order valence-electron chi connectivity index (χ2n) is 5.68. The zero-order valence-electron chi connectivity index (χ0n) is 14.4. The van der Waals surface area contributed by atoms with Crippen molar-refractivity contribution in [3.8, 4) is 0 Å². The van der Waals surface area contributed by atoms with Crippen molar-refractivity contribution < 1.29 is 9.53 Å². The summed E-state index contributed by atoms with van der Waals surface area (Å²) in [7, 11) is 1.64. The van der Waals surface area contributed by atoms with Gasteiger partial charge < -0.3 is 21.1 Å². The molecule has 6 nitrogen and oxygen atoms in total. The summed E-state index contributed by atoms with van der Waals surface area (Å²) in [5.74, 6) is 0.331. The second-order valence-corrected chi connectivity index (χ2v) is 5.68. The Balaban J connectivity index is 2.55. The minimum Gasteiger partial charge on any atom is -0.383 e. The molecule has 1 aromatic carbocycles. The molecule has 0 saturated heterocycles. The van der Waals surface area contributed by atoms with Gasteiger partial charge in [0.2, 0.25) is 0 Å². The Labute approximate surface area is 138 Å². The van der Waals surface area contributed by atoms with Crippen molar-refractivity contribution in [1.82, 2.24) is 10.6 Å². The van der Waals surface area contributed by atoms with Crippen molar-refractivity contribution in [3.05, 3.63) is 35.4 Å². The highest BCUT2D eigenvalue weighted by Crippen LogP contribution is 2.06. The van der Waals surface area contributed by atoms with Crippen LogP contribution in [0.1, 0.15) is 43.1 Å². The molecular formula is C17H28N4O2. The summed E-state index contributed by atoms with van der Waals surface area (Å²) in [5.41, 5.74) is 7.47. The zero-order valence-corrected chi connectivity index (χ0v) is 14.4. The topological polar surface area (TPSA) is 88.7 Å². The van der Waals surface area contributed by atoms with Gasteiger partial charge in [0.25, 0.3) is 5.91 Å². The maximum Gasteiger partial charge on any atom is 0.251 e. The number of rotatable bonds is 8. The van der Waals surface area contributed by atoms with E-state index >= 15 is 0 Å². The molecule has 128 valence electrons. The SMILES string of the molecule is CCC(C)NC(=O)c1ccc(CN=C(N)NC(C)COC)cc1. The number of amides is 1. The molecule has 0 saturated carbocycles. The van der Waals surface area contributed by atoms with Crippen LogP contribution in [-0.4, -0.2) is 37.7 Å². The Hall–Kier alpha value is -2.08. The van der Waals surface area contributed by atoms with Gasteiger partial charge in [-0.1, -0.05) is 19.1 Å². The quantitative estimate of drug-likeness (QED) is 0.502. The maximum atomic E-state index is 12.0. The van der Waals surface area contributed by atoms with Crippen LogP contribution < -0.4 is 16.4 Å². The average molecular weight is 320 g/mol. The number of carbonyl (C=O) groups is 1. The molecule has 1 amide bonds. The molecule has 23 heavy (non-hydrogen) atoms. The van der Waals surface area contributed by atoms with Gasteiger partial charge in [-0.05, 0) is 38.0 Å². The van der Waals surface area contributed by atoms with Crippen LogP contribution in [0.15, 0.2) is 29.3 Å². The Morgan fingerprint density at radius 1 is 1.22 bits per heavy atom. The first-order valence-corrected chi connectivity index (χ1v) is 7.91. The minimum atomic E-state index is -0.0519. The number of benzene rings is 1. The van der Waals surface area contributed by atoms with Crippen LogP contribution in [0.25, 0.3) is 0 Å². The van der Waals surface area contributed by atoms with Crippen molar-refractivity contribution >= 4 is 11.9 Å². The fraction of sp³-hybridized carbons (Fsp3) is 0.529. The molecule has 2 atom stereocenters. The lowest BCUT2D eigenvalue weighted by Gasteiger charge is -2.13. The Morgan fingerprint density at radius 2 is 1.87 bits per heavy atom. The highest BCUT2D eigenvalue weighted by atomic mass is 16.5. The molecule has 1 rings (SSSR count). The van der Waals surface area contributed by atoms with E-state index in [1.54, 1.807) is 19.2 Å². The first-order valence-electron chi connectivity index (χ1n) is 7.91. The van der Waals surface area contributed by atoms with E-state index in [0.717, 1.165) is 12.0 Å². The fourth-order valence-electron chi connectivity index (χ4n) is 1.94. The number of hydrogen-bond donors (Lipinski definition) is 3. The van der Waals surface area contributed by atoms with Gasteiger partial charge >= 0.3 is 0 Å². The molecule has 1 aromatic rings. The van der Waals surface area contributed by atoms with E-state index in [0.29, 0.717) is 24.7 Å². The first kappa shape index (κ1) is 19.0. The Bertz CT molecular complexity index is 514. The molecule has 4 N–H and O–H groups in total. The van der Waals surface area contributed by atoms with Crippen LogP contribution in [-0.2, 0) is 11.3 Å². The number of aliphatic imine (C=N–C) groups is 1. The van der Waals surface area contributed by atoms with Gasteiger partial charge in [0.05, 0.1) is 13.2 Å². The molecule has 0 fully saturated rings. The van der Waals surface area contributed by atoms with Gasteiger partial charge in [0, 0.05) is 24.8 Å². The smallest absolute Gasteiger partial charge is 0.251 e. The molecule has 0 aliphatic carbocycles. The molecule has 0 aliphatic rings. The summed E-state index contributed by atoms with van der Waals surface area (Å²) < 4.78 is 5.03. The molecular weight excluding hydrogens is 292 g/mol. The lowest BCUT2D eigenvalue weighted by Crippen LogP contribution is -2.40. The van der Waals surface area contributed by atoms with Crippen molar-refractivity contribution in [2.75, 3.05) is 13.7 Å². The summed E-state index contributed by atoms with van der Waals surface area (Å²) in [4.78, 5) is 16.3. The van der Waals surface area contributed by atoms with E-state index in [1.165, 1.54) is 0 Å². The predicted molar refractivity (Wildman–Crippen MR) is 93.5 cm³/mol. The lowest BCUT2D eigenvalue weighted by atomic mass is 10.1. The van der Waals surface area contributed by atoms with E-state index in [1.807, 2.05) is 32.9 Å². The molecule has 2 unspecified atom stereocenters. The van der Waals surface area contributed by atoms with Gasteiger partial charge in [-0.3, -0.25) is 4.79 Å². The number of nitrogens with two attached hydrogens (primary N) is 1. The van der Waals surface area contributed by atoms with Crippen LogP contribution >= 0.6 is 0 Å². The second kappa shape index (κ2) is 9.84. The van der Waals surface area contributed by atoms with E-state index in [-0.39, 0.29) is 18.0 Å². The van der Waals surface area contributed by atoms with Gasteiger partial charge in [-0.2, -0.15) is 0 Å². The van der Waals surface area contributed by atoms with Crippen molar-refractivity contribution in [1.29, 1.82) is 0 Å². The summed E-state index contributed by atoms with van der Waals surface area (Å²) in [6.07, 6.45) is 0.909. The third-order valence-corrected chi connectivity index (χ3v) is 3.45. The standard InChI is InChI=1S/C17H28N4O2/c1-5-12(2)20-16(22)15-8-6-14(7-9-15)10-19-17(18)21-13(3)11-23-4/h6-9,12-13H,5,10-11H2,1-4H3,(H,20,22)(H3,18,19,21). The van der Waals surface area contributed by atoms with Gasteiger partial charge in [-0.25, -0.2) is 4.99 Å². The summed E-state index contributed by atoms with van der Waals surface area (Å²) in [6.45, 7) is 7.03. The molecule has 0 aromatic heterocycles. The van der Waals surface area contributed by atoms with Crippen molar-refractivity contribution in [2.45, 2.75) is 45.8 Å². The highest BCUT2D eigenvalue weighted by Gasteiger charge is 2.08. The number of methoxy groups -OCH3 is 1. The highest BCUT2D eigenvalue weighted by molar-refractivity contribution is 5.94. The third-order valence-electron chi connectivity index (χ3n) is 3.45. The number of ether oxygens (including phenoxy) is 1. The van der Waals surface area contributed by atoms with E-state index < -0.39 is 0 Å². The van der Waals surface area contributed by atoms with Crippen molar-refractivity contribution in [3.63, 3.8) is 0 Å². The van der Waals surface area contributed by atoms with Crippen LogP contribution in [0.2, 0.25) is 0 Å². The summed E-state index contributed by atoms with van der Waals surface area (Å²) >= 11 is 0. The third kappa shape index (κ3) is 7.15. The number of hydrogen-bond acceptors (Lipinski definition) is 3. The van der Waals surface area contributed by atoms with Crippen LogP contribution in [0.5, 0.6) is 0 Å². The first-order chi connectivity index (χ1) is 11.0. The van der Waals surface area contributed by atoms with Gasteiger partial charge in [-0.15, -0.1) is 0 Å². The molecule has 0 spiro atoms. The molecule has 0 bridgehead atoms. The number of carbonyl (C=O) groups excluding carboxylic acids is 1. The number of nitrogens with one attached hydrogen (secondary N) is 2. The predicted octanol–water partition coefficient (Wildman–Crippen LogP) is 1.65. The van der Waals surface area contributed by atoms with Crippen LogP contribution in [0.4, 0.5) is 0 Å². The normalized spacial score (nSPS) is 14.2. The van der Waals surface area contributed by atoms with Crippen LogP contribution in [0.3, 0.4) is 0 Å². The minimum absolute atomic E-state index is 0.0519. The van der Waals surface area contributed by atoms with Crippen LogP contribution in [0, 0.1) is 0 Å². The summed E-state index contributed by atoms with van der Waals surface area (Å²) in [5, 5.41) is 5.99. The zero-order chi connectivity index (χ0) is 17.2. The van der Waals surface area contributed by atoms with Gasteiger partial charge in [0.15, 0.2) is 5.96 Å². The largest absolute Gasteiger partial charge is 0.383 e. The average Bonchev–Trinajstić information content (AvgIpc) is 2.53. The Morgan fingerprint density at radius 3 is 2.43 bits per heavy atom. The summed E-state index contributed by atoms with van der Waals surface area (Å²) in [6, 6.07) is 7.67. The number of guanidine groups is 1. The molecule has 0 heterocycles. The molecule has 0 radical (unpaired) electrons. The molecule has 0 aliphatic heterocycles. The molecule has 6 heteroatoms. The van der Waals surface area contributed by atoms with E-state index in [2.05, 4.69) is 15.6 Å². The van der Waals surface area contributed by atoms with E-state index in [9.17, 15) is 4.79 Å².